The summed E-state index contributed by atoms with van der Waals surface area (Å²) in [4.78, 5) is 33.5. The topological polar surface area (TPSA) is 83.4 Å². The predicted molar refractivity (Wildman–Crippen MR) is 73.6 cm³/mol. The van der Waals surface area contributed by atoms with Gasteiger partial charge in [0, 0.05) is 24.2 Å². The van der Waals surface area contributed by atoms with E-state index >= 15 is 0 Å². The molecule has 0 aliphatic carbocycles. The molecule has 0 radical (unpaired) electrons. The van der Waals surface area contributed by atoms with E-state index in [1.807, 2.05) is 0 Å². The van der Waals surface area contributed by atoms with Crippen LogP contribution in [0.1, 0.15) is 26.3 Å². The van der Waals surface area contributed by atoms with Crippen LogP contribution in [0, 0.1) is 11.8 Å². The lowest BCUT2D eigenvalue weighted by molar-refractivity contribution is 0.0925. The fourth-order valence-corrected chi connectivity index (χ4v) is 2.05. The first-order valence-electron chi connectivity index (χ1n) is 6.11. The molecule has 2 aromatic rings. The van der Waals surface area contributed by atoms with Gasteiger partial charge in [0.1, 0.15) is 12.4 Å². The number of pyridine rings is 2. The van der Waals surface area contributed by atoms with Crippen LogP contribution in [0.15, 0.2) is 36.8 Å². The van der Waals surface area contributed by atoms with Gasteiger partial charge in [-0.15, -0.1) is 0 Å². The maximum atomic E-state index is 12.3. The number of aliphatic hydroxyl groups excluding tert-OH is 1. The Morgan fingerprint density at radius 2 is 1.95 bits per heavy atom. The number of anilines is 1. The van der Waals surface area contributed by atoms with Gasteiger partial charge in [0.05, 0.1) is 11.1 Å². The minimum absolute atomic E-state index is 0.200. The normalized spacial score (nSPS) is 12.9. The molecule has 0 aromatic carbocycles. The van der Waals surface area contributed by atoms with E-state index in [9.17, 15) is 9.59 Å². The molecule has 0 bridgehead atoms. The maximum absolute atomic E-state index is 12.3. The molecule has 0 atom stereocenters. The van der Waals surface area contributed by atoms with Crippen LogP contribution in [-0.2, 0) is 0 Å². The van der Waals surface area contributed by atoms with Crippen molar-refractivity contribution in [3.05, 3.63) is 53.5 Å². The Morgan fingerprint density at radius 3 is 2.71 bits per heavy atom. The Labute approximate surface area is 120 Å². The summed E-state index contributed by atoms with van der Waals surface area (Å²) in [7, 11) is 0. The van der Waals surface area contributed by atoms with Crippen LogP contribution in [0.5, 0.6) is 0 Å². The van der Waals surface area contributed by atoms with Crippen molar-refractivity contribution in [2.75, 3.05) is 11.5 Å². The molecule has 0 fully saturated rings. The van der Waals surface area contributed by atoms with Crippen molar-refractivity contribution >= 4 is 17.6 Å². The van der Waals surface area contributed by atoms with Crippen molar-refractivity contribution in [1.29, 1.82) is 0 Å². The number of carbonyl (C=O) groups excluding carboxylic acids is 2. The summed E-state index contributed by atoms with van der Waals surface area (Å²) in [6.07, 6.45) is 4.29. The van der Waals surface area contributed by atoms with E-state index in [1.165, 1.54) is 30.7 Å². The molecule has 21 heavy (non-hydrogen) atoms. The first-order valence-corrected chi connectivity index (χ1v) is 6.11. The van der Waals surface area contributed by atoms with Crippen LogP contribution >= 0.6 is 0 Å². The van der Waals surface area contributed by atoms with Crippen LogP contribution in [-0.4, -0.2) is 33.5 Å². The molecule has 1 aliphatic rings. The van der Waals surface area contributed by atoms with Crippen molar-refractivity contribution in [1.82, 2.24) is 9.97 Å². The summed E-state index contributed by atoms with van der Waals surface area (Å²) in [5.41, 5.74) is 1.13. The second-order valence-corrected chi connectivity index (χ2v) is 4.23. The lowest BCUT2D eigenvalue weighted by atomic mass is 10.2. The number of imide groups is 1. The monoisotopic (exact) mass is 279 g/mol. The Hall–Kier alpha value is -3.04. The van der Waals surface area contributed by atoms with Crippen molar-refractivity contribution in [3.8, 4) is 11.8 Å². The molecule has 6 heteroatoms. The standard InChI is InChI=1S/C15H9N3O3/c19-7-1-2-10-3-6-17-13(8-10)18-14(20)11-4-5-16-9-12(11)15(18)21/h3-6,8-9,19H,7H2. The SMILES string of the molecule is O=C1c2ccncc2C(=O)N1c1cc(C#CCO)ccn1. The summed E-state index contributed by atoms with van der Waals surface area (Å²) in [5.74, 6) is 4.52. The molecule has 0 spiro atoms. The largest absolute Gasteiger partial charge is 0.384 e. The van der Waals surface area contributed by atoms with Crippen molar-refractivity contribution in [2.24, 2.45) is 0 Å². The molecule has 1 N–H and O–H groups in total. The number of rotatable bonds is 1. The summed E-state index contributed by atoms with van der Waals surface area (Å²) >= 11 is 0. The zero-order valence-corrected chi connectivity index (χ0v) is 10.8. The molecule has 3 heterocycles. The third-order valence-corrected chi connectivity index (χ3v) is 2.97. The van der Waals surface area contributed by atoms with E-state index in [0.29, 0.717) is 11.1 Å². The van der Waals surface area contributed by atoms with E-state index < -0.39 is 11.8 Å². The second-order valence-electron chi connectivity index (χ2n) is 4.23. The minimum Gasteiger partial charge on any atom is -0.384 e. The van der Waals surface area contributed by atoms with Crippen molar-refractivity contribution in [2.45, 2.75) is 0 Å². The predicted octanol–water partition coefficient (Wildman–Crippen LogP) is 0.621. The van der Waals surface area contributed by atoms with E-state index in [2.05, 4.69) is 21.8 Å². The third kappa shape index (κ3) is 2.16. The molecule has 1 aliphatic heterocycles. The van der Waals surface area contributed by atoms with Gasteiger partial charge in [0.2, 0.25) is 0 Å². The second kappa shape index (κ2) is 5.15. The minimum atomic E-state index is -0.456. The molecule has 2 aromatic heterocycles. The van der Waals surface area contributed by atoms with Gasteiger partial charge in [-0.2, -0.15) is 0 Å². The Kier molecular flexibility index (Phi) is 3.18. The number of nitrogens with zero attached hydrogens (tertiary/aromatic N) is 3. The number of carbonyl (C=O) groups is 2. The summed E-state index contributed by atoms with van der Waals surface area (Å²) < 4.78 is 0. The summed E-state index contributed by atoms with van der Waals surface area (Å²) in [6, 6.07) is 4.66. The van der Waals surface area contributed by atoms with Gasteiger partial charge in [-0.05, 0) is 18.2 Å². The van der Waals surface area contributed by atoms with Crippen molar-refractivity contribution in [3.63, 3.8) is 0 Å². The Bertz CT molecular complexity index is 770. The number of hydrogen-bond acceptors (Lipinski definition) is 5. The molecular weight excluding hydrogens is 270 g/mol. The van der Waals surface area contributed by atoms with E-state index in [0.717, 1.165) is 4.90 Å². The Balaban J connectivity index is 2.03. The Morgan fingerprint density at radius 1 is 1.14 bits per heavy atom. The zero-order valence-electron chi connectivity index (χ0n) is 10.8. The van der Waals surface area contributed by atoms with Crippen LogP contribution in [0.25, 0.3) is 0 Å². The first kappa shape index (κ1) is 13.0. The number of aliphatic hydroxyl groups is 1. The molecule has 0 unspecified atom stereocenters. The fraction of sp³-hybridized carbons (Fsp3) is 0.0667. The van der Waals surface area contributed by atoms with Crippen LogP contribution in [0.3, 0.4) is 0 Å². The highest BCUT2D eigenvalue weighted by molar-refractivity contribution is 6.34. The number of aromatic nitrogens is 2. The van der Waals surface area contributed by atoms with Crippen LogP contribution in [0.2, 0.25) is 0 Å². The molecule has 6 nitrogen and oxygen atoms in total. The number of hydrogen-bond donors (Lipinski definition) is 1. The lowest BCUT2D eigenvalue weighted by Gasteiger charge is -2.12. The molecule has 0 saturated carbocycles. The quantitative estimate of drug-likeness (QED) is 0.611. The molecule has 0 saturated heterocycles. The van der Waals surface area contributed by atoms with Gasteiger partial charge >= 0.3 is 0 Å². The average molecular weight is 279 g/mol. The zero-order chi connectivity index (χ0) is 14.8. The highest BCUT2D eigenvalue weighted by atomic mass is 16.2. The lowest BCUT2D eigenvalue weighted by Crippen LogP contribution is -2.30. The van der Waals surface area contributed by atoms with E-state index in [-0.39, 0.29) is 18.0 Å². The van der Waals surface area contributed by atoms with Gasteiger partial charge in [-0.25, -0.2) is 9.88 Å². The number of fused-ring (bicyclic) bond motifs is 1. The highest BCUT2D eigenvalue weighted by Gasteiger charge is 2.37. The van der Waals surface area contributed by atoms with E-state index in [1.54, 1.807) is 6.07 Å². The summed E-state index contributed by atoms with van der Waals surface area (Å²) in [5, 5.41) is 8.70. The van der Waals surface area contributed by atoms with Gasteiger partial charge in [0.25, 0.3) is 11.8 Å². The number of amides is 2. The highest BCUT2D eigenvalue weighted by Crippen LogP contribution is 2.26. The van der Waals surface area contributed by atoms with Crippen LogP contribution in [0.4, 0.5) is 5.82 Å². The third-order valence-electron chi connectivity index (χ3n) is 2.97. The molecule has 102 valence electrons. The van der Waals surface area contributed by atoms with Crippen molar-refractivity contribution < 1.29 is 14.7 Å². The van der Waals surface area contributed by atoms with E-state index in [4.69, 9.17) is 5.11 Å². The molecule has 2 amide bonds. The summed E-state index contributed by atoms with van der Waals surface area (Å²) in [6.45, 7) is -0.268. The molecular formula is C15H9N3O3. The fourth-order valence-electron chi connectivity index (χ4n) is 2.05. The average Bonchev–Trinajstić information content (AvgIpc) is 2.78. The van der Waals surface area contributed by atoms with Gasteiger partial charge < -0.3 is 5.11 Å². The first-order chi connectivity index (χ1) is 10.2. The van der Waals surface area contributed by atoms with Gasteiger partial charge in [-0.3, -0.25) is 14.6 Å². The molecule has 3 rings (SSSR count). The van der Waals surface area contributed by atoms with Crippen LogP contribution < -0.4 is 4.90 Å². The van der Waals surface area contributed by atoms with Gasteiger partial charge in [-0.1, -0.05) is 11.8 Å². The smallest absolute Gasteiger partial charge is 0.268 e. The maximum Gasteiger partial charge on any atom is 0.268 e. The van der Waals surface area contributed by atoms with Gasteiger partial charge in [0.15, 0.2) is 0 Å².